The molecule has 3 rings (SSSR count). The van der Waals surface area contributed by atoms with Gasteiger partial charge in [0, 0.05) is 28.7 Å². The van der Waals surface area contributed by atoms with Crippen LogP contribution in [0.5, 0.6) is 0 Å². The van der Waals surface area contributed by atoms with Crippen LogP contribution in [0.2, 0.25) is 0 Å². The van der Waals surface area contributed by atoms with Gasteiger partial charge in [-0.1, -0.05) is 62.4 Å². The number of ketones is 1. The molecule has 0 radical (unpaired) electrons. The van der Waals surface area contributed by atoms with E-state index in [1.54, 1.807) is 0 Å². The van der Waals surface area contributed by atoms with Crippen LogP contribution in [0.25, 0.3) is 10.9 Å². The summed E-state index contributed by atoms with van der Waals surface area (Å²) in [5, 5.41) is 4.51. The van der Waals surface area contributed by atoms with Gasteiger partial charge in [-0.3, -0.25) is 4.79 Å². The first-order valence-electron chi connectivity index (χ1n) is 9.09. The van der Waals surface area contributed by atoms with E-state index in [1.807, 2.05) is 48.7 Å². The van der Waals surface area contributed by atoms with Gasteiger partial charge in [-0.15, -0.1) is 0 Å². The van der Waals surface area contributed by atoms with E-state index in [4.69, 9.17) is 0 Å². The highest BCUT2D eigenvalue weighted by atomic mass is 16.1. The van der Waals surface area contributed by atoms with E-state index in [9.17, 15) is 4.79 Å². The third-order valence-electron chi connectivity index (χ3n) is 4.91. The van der Waals surface area contributed by atoms with Gasteiger partial charge in [-0.2, -0.15) is 0 Å². The molecule has 0 fully saturated rings. The number of rotatable bonds is 7. The minimum atomic E-state index is -0.333. The van der Waals surface area contributed by atoms with Gasteiger partial charge in [0.1, 0.15) is 0 Å². The number of benzene rings is 2. The number of para-hydroxylation sites is 1. The van der Waals surface area contributed by atoms with E-state index in [-0.39, 0.29) is 17.9 Å². The van der Waals surface area contributed by atoms with Crippen molar-refractivity contribution in [2.24, 2.45) is 0 Å². The molecule has 0 saturated carbocycles. The summed E-state index contributed by atoms with van der Waals surface area (Å²) >= 11 is 0. The average molecular weight is 334 g/mol. The van der Waals surface area contributed by atoms with Crippen LogP contribution in [0.15, 0.2) is 54.7 Å². The number of H-pyrrole nitrogens is 1. The molecule has 0 saturated heterocycles. The van der Waals surface area contributed by atoms with E-state index in [0.29, 0.717) is 0 Å². The molecule has 2 aromatic carbocycles. The van der Waals surface area contributed by atoms with E-state index in [0.717, 1.165) is 34.9 Å². The van der Waals surface area contributed by atoms with Gasteiger partial charge in [0.25, 0.3) is 0 Å². The van der Waals surface area contributed by atoms with Gasteiger partial charge in [-0.05, 0) is 30.9 Å². The fourth-order valence-electron chi connectivity index (χ4n) is 3.24. The second-order valence-corrected chi connectivity index (χ2v) is 6.58. The lowest BCUT2D eigenvalue weighted by Gasteiger charge is -2.22. The van der Waals surface area contributed by atoms with E-state index in [1.165, 1.54) is 5.56 Å². The maximum Gasteiger partial charge on any atom is 0.186 e. The topological polar surface area (TPSA) is 44.9 Å². The third-order valence-corrected chi connectivity index (χ3v) is 4.91. The largest absolute Gasteiger partial charge is 0.360 e. The van der Waals surface area contributed by atoms with Crippen molar-refractivity contribution in [3.63, 3.8) is 0 Å². The molecule has 2 N–H and O–H groups in total. The standard InChI is InChI=1S/C22H26N2O/c1-4-15(3)24-21(17-10-7-6-8-11-17)22(25)19-14-23-20-16(5-2)12-9-13-18(19)20/h6-15,21,23-24H,4-5H2,1-3H3/t15-,21+/m0/s1. The molecular weight excluding hydrogens is 308 g/mol. The van der Waals surface area contributed by atoms with Crippen LogP contribution in [0.4, 0.5) is 0 Å². The monoisotopic (exact) mass is 334 g/mol. The van der Waals surface area contributed by atoms with E-state index in [2.05, 4.69) is 37.1 Å². The Morgan fingerprint density at radius 3 is 2.52 bits per heavy atom. The number of aromatic nitrogens is 1. The lowest BCUT2D eigenvalue weighted by Crippen LogP contribution is -2.35. The van der Waals surface area contributed by atoms with Crippen molar-refractivity contribution in [2.45, 2.75) is 45.7 Å². The number of Topliss-reactive ketones (excluding diaryl/α,β-unsaturated/α-hetero) is 1. The Kier molecular flexibility index (Phi) is 5.34. The second kappa shape index (κ2) is 7.66. The SMILES string of the molecule is CCc1cccc2c(C(=O)[C@H](N[C@@H](C)CC)c3ccccc3)c[nH]c12. The Balaban J connectivity index is 2.03. The summed E-state index contributed by atoms with van der Waals surface area (Å²) < 4.78 is 0. The smallest absolute Gasteiger partial charge is 0.186 e. The van der Waals surface area contributed by atoms with Crippen molar-refractivity contribution < 1.29 is 4.79 Å². The Hall–Kier alpha value is -2.39. The molecule has 0 amide bonds. The molecule has 1 heterocycles. The Morgan fingerprint density at radius 1 is 1.08 bits per heavy atom. The molecule has 0 aliphatic heterocycles. The first kappa shape index (κ1) is 17.4. The van der Waals surface area contributed by atoms with Crippen LogP contribution < -0.4 is 5.32 Å². The molecular formula is C22H26N2O. The van der Waals surface area contributed by atoms with Crippen molar-refractivity contribution in [2.75, 3.05) is 0 Å². The van der Waals surface area contributed by atoms with Crippen molar-refractivity contribution in [1.29, 1.82) is 0 Å². The number of aromatic amines is 1. The van der Waals surface area contributed by atoms with Crippen LogP contribution in [0, 0.1) is 0 Å². The zero-order valence-electron chi connectivity index (χ0n) is 15.2. The summed E-state index contributed by atoms with van der Waals surface area (Å²) in [5.74, 6) is 0.117. The third kappa shape index (κ3) is 3.52. The van der Waals surface area contributed by atoms with Gasteiger partial charge in [0.2, 0.25) is 0 Å². The summed E-state index contributed by atoms with van der Waals surface area (Å²) in [4.78, 5) is 16.7. The normalized spacial score (nSPS) is 13.7. The summed E-state index contributed by atoms with van der Waals surface area (Å²) in [6, 6.07) is 16.1. The number of hydrogen-bond donors (Lipinski definition) is 2. The van der Waals surface area contributed by atoms with Crippen molar-refractivity contribution in [3.8, 4) is 0 Å². The van der Waals surface area contributed by atoms with Crippen molar-refractivity contribution in [1.82, 2.24) is 10.3 Å². The number of carbonyl (C=O) groups excluding carboxylic acids is 1. The Labute approximate surface area is 149 Å². The number of aryl methyl sites for hydroxylation is 1. The quantitative estimate of drug-likeness (QED) is 0.594. The Morgan fingerprint density at radius 2 is 1.84 bits per heavy atom. The molecule has 2 atom stereocenters. The molecule has 25 heavy (non-hydrogen) atoms. The van der Waals surface area contributed by atoms with Gasteiger partial charge in [0.05, 0.1) is 6.04 Å². The van der Waals surface area contributed by atoms with Crippen LogP contribution in [-0.2, 0) is 6.42 Å². The van der Waals surface area contributed by atoms with Crippen LogP contribution in [0.3, 0.4) is 0 Å². The fraction of sp³-hybridized carbons (Fsp3) is 0.318. The summed E-state index contributed by atoms with van der Waals surface area (Å²) in [5.41, 5.74) is 4.08. The molecule has 130 valence electrons. The molecule has 0 spiro atoms. The molecule has 0 aliphatic carbocycles. The van der Waals surface area contributed by atoms with Crippen molar-refractivity contribution in [3.05, 3.63) is 71.4 Å². The highest BCUT2D eigenvalue weighted by molar-refractivity contribution is 6.11. The maximum absolute atomic E-state index is 13.4. The zero-order valence-corrected chi connectivity index (χ0v) is 15.2. The molecule has 0 bridgehead atoms. The molecule has 1 aromatic heterocycles. The number of nitrogens with one attached hydrogen (secondary N) is 2. The average Bonchev–Trinajstić information content (AvgIpc) is 3.10. The lowest BCUT2D eigenvalue weighted by atomic mass is 9.95. The highest BCUT2D eigenvalue weighted by Gasteiger charge is 2.25. The van der Waals surface area contributed by atoms with Gasteiger partial charge >= 0.3 is 0 Å². The molecule has 3 nitrogen and oxygen atoms in total. The fourth-order valence-corrected chi connectivity index (χ4v) is 3.24. The zero-order chi connectivity index (χ0) is 17.8. The predicted octanol–water partition coefficient (Wildman–Crippen LogP) is 5.04. The number of hydrogen-bond acceptors (Lipinski definition) is 2. The maximum atomic E-state index is 13.4. The second-order valence-electron chi connectivity index (χ2n) is 6.58. The van der Waals surface area contributed by atoms with E-state index < -0.39 is 0 Å². The van der Waals surface area contributed by atoms with Crippen LogP contribution in [-0.4, -0.2) is 16.8 Å². The van der Waals surface area contributed by atoms with Crippen molar-refractivity contribution >= 4 is 16.7 Å². The summed E-state index contributed by atoms with van der Waals surface area (Å²) in [7, 11) is 0. The van der Waals surface area contributed by atoms with Gasteiger partial charge < -0.3 is 10.3 Å². The summed E-state index contributed by atoms with van der Waals surface area (Å²) in [6.45, 7) is 6.38. The minimum Gasteiger partial charge on any atom is -0.360 e. The minimum absolute atomic E-state index is 0.117. The van der Waals surface area contributed by atoms with Gasteiger partial charge in [0.15, 0.2) is 5.78 Å². The molecule has 0 unspecified atom stereocenters. The first-order chi connectivity index (χ1) is 12.2. The number of fused-ring (bicyclic) bond motifs is 1. The van der Waals surface area contributed by atoms with Crippen LogP contribution in [0.1, 0.15) is 54.7 Å². The Bertz CT molecular complexity index is 851. The van der Waals surface area contributed by atoms with Gasteiger partial charge in [-0.25, -0.2) is 0 Å². The molecule has 3 aromatic rings. The summed E-state index contributed by atoms with van der Waals surface area (Å²) in [6.07, 6.45) is 3.78. The lowest BCUT2D eigenvalue weighted by molar-refractivity contribution is 0.0938. The van der Waals surface area contributed by atoms with Crippen LogP contribution >= 0.6 is 0 Å². The molecule has 3 heteroatoms. The highest BCUT2D eigenvalue weighted by Crippen LogP contribution is 2.27. The predicted molar refractivity (Wildman–Crippen MR) is 104 cm³/mol. The molecule has 0 aliphatic rings. The first-order valence-corrected chi connectivity index (χ1v) is 9.09. The number of carbonyl (C=O) groups is 1. The van der Waals surface area contributed by atoms with E-state index >= 15 is 0 Å².